The number of rotatable bonds is 6. The van der Waals surface area contributed by atoms with Gasteiger partial charge in [0.1, 0.15) is 4.83 Å². The third-order valence-corrected chi connectivity index (χ3v) is 5.83. The van der Waals surface area contributed by atoms with Crippen LogP contribution in [0, 0.1) is 0 Å². The van der Waals surface area contributed by atoms with E-state index in [0.717, 1.165) is 15.8 Å². The number of benzene rings is 1. The van der Waals surface area contributed by atoms with Crippen LogP contribution in [0.2, 0.25) is 0 Å². The summed E-state index contributed by atoms with van der Waals surface area (Å²) in [5.41, 5.74) is 0.903. The first-order chi connectivity index (χ1) is 14.6. The minimum Gasteiger partial charge on any atom is -0.462 e. The van der Waals surface area contributed by atoms with Crippen molar-refractivity contribution >= 4 is 27.5 Å². The summed E-state index contributed by atoms with van der Waals surface area (Å²) in [6.45, 7) is 0.281. The Bertz CT molecular complexity index is 1310. The molecule has 4 rings (SSSR count). The standard InChI is InChI=1S/C22H19N3O4S/c1-24-20-18(19(26)25(22(24)28)13-15-7-3-2-4-8-15)17(14-30-20)21(27)29-12-10-16-9-5-6-11-23-16/h2-9,11,14H,10,12-13H2,1H3. The first kappa shape index (κ1) is 19.8. The number of hydrogen-bond donors (Lipinski definition) is 0. The molecule has 30 heavy (non-hydrogen) atoms. The Morgan fingerprint density at radius 3 is 2.60 bits per heavy atom. The lowest BCUT2D eigenvalue weighted by atomic mass is 10.2. The van der Waals surface area contributed by atoms with Crippen LogP contribution < -0.4 is 11.2 Å². The number of carbonyl (C=O) groups is 1. The third-order valence-electron chi connectivity index (χ3n) is 4.77. The number of hydrogen-bond acceptors (Lipinski definition) is 6. The maximum Gasteiger partial charge on any atom is 0.339 e. The fraction of sp³-hybridized carbons (Fsp3) is 0.182. The van der Waals surface area contributed by atoms with Gasteiger partial charge in [0.15, 0.2) is 0 Å². The third kappa shape index (κ3) is 3.81. The van der Waals surface area contributed by atoms with E-state index in [1.807, 2.05) is 48.5 Å². The SMILES string of the molecule is Cn1c(=O)n(Cc2ccccc2)c(=O)c2c(C(=O)OCCc3ccccn3)csc21. The first-order valence-electron chi connectivity index (χ1n) is 9.38. The van der Waals surface area contributed by atoms with E-state index in [-0.39, 0.29) is 24.1 Å². The monoisotopic (exact) mass is 421 g/mol. The van der Waals surface area contributed by atoms with Gasteiger partial charge in [-0.3, -0.25) is 18.9 Å². The predicted molar refractivity (Wildman–Crippen MR) is 115 cm³/mol. The van der Waals surface area contributed by atoms with Crippen molar-refractivity contribution in [2.75, 3.05) is 6.61 Å². The molecule has 0 radical (unpaired) electrons. The van der Waals surface area contributed by atoms with Gasteiger partial charge in [0.25, 0.3) is 5.56 Å². The van der Waals surface area contributed by atoms with Crippen LogP contribution >= 0.6 is 11.3 Å². The van der Waals surface area contributed by atoms with Gasteiger partial charge < -0.3 is 4.74 Å². The Morgan fingerprint density at radius 2 is 1.87 bits per heavy atom. The van der Waals surface area contributed by atoms with Gasteiger partial charge in [-0.25, -0.2) is 9.59 Å². The van der Waals surface area contributed by atoms with Gasteiger partial charge in [0, 0.05) is 30.7 Å². The number of aromatic nitrogens is 3. The zero-order chi connectivity index (χ0) is 21.1. The molecule has 7 nitrogen and oxygen atoms in total. The summed E-state index contributed by atoms with van der Waals surface area (Å²) < 4.78 is 7.92. The van der Waals surface area contributed by atoms with Gasteiger partial charge in [-0.1, -0.05) is 36.4 Å². The van der Waals surface area contributed by atoms with Crippen LogP contribution in [0.1, 0.15) is 21.6 Å². The van der Waals surface area contributed by atoms with Gasteiger partial charge in [-0.05, 0) is 17.7 Å². The normalized spacial score (nSPS) is 11.0. The van der Waals surface area contributed by atoms with E-state index < -0.39 is 17.2 Å². The summed E-state index contributed by atoms with van der Waals surface area (Å²) in [7, 11) is 1.60. The second kappa shape index (κ2) is 8.46. The van der Waals surface area contributed by atoms with Gasteiger partial charge in [0.2, 0.25) is 0 Å². The number of esters is 1. The van der Waals surface area contributed by atoms with Gasteiger partial charge in [0.05, 0.1) is 24.1 Å². The van der Waals surface area contributed by atoms with Crippen molar-refractivity contribution < 1.29 is 9.53 Å². The van der Waals surface area contributed by atoms with Crippen molar-refractivity contribution in [1.82, 2.24) is 14.1 Å². The van der Waals surface area contributed by atoms with Crippen molar-refractivity contribution in [2.45, 2.75) is 13.0 Å². The highest BCUT2D eigenvalue weighted by Gasteiger charge is 2.21. The van der Waals surface area contributed by atoms with Gasteiger partial charge in [-0.15, -0.1) is 11.3 Å². The van der Waals surface area contributed by atoms with E-state index in [9.17, 15) is 14.4 Å². The average Bonchev–Trinajstić information content (AvgIpc) is 3.22. The molecule has 0 bridgehead atoms. The molecule has 0 saturated heterocycles. The van der Waals surface area contributed by atoms with Crippen LogP contribution in [0.3, 0.4) is 0 Å². The molecule has 152 valence electrons. The molecule has 0 aliphatic heterocycles. The topological polar surface area (TPSA) is 83.2 Å². The highest BCUT2D eigenvalue weighted by molar-refractivity contribution is 7.17. The Morgan fingerprint density at radius 1 is 1.10 bits per heavy atom. The second-order valence-corrected chi connectivity index (χ2v) is 7.61. The van der Waals surface area contributed by atoms with Crippen LogP contribution in [-0.4, -0.2) is 26.7 Å². The van der Waals surface area contributed by atoms with Crippen molar-refractivity contribution in [2.24, 2.45) is 7.05 Å². The molecule has 0 atom stereocenters. The molecular formula is C22H19N3O4S. The Balaban J connectivity index is 1.65. The van der Waals surface area contributed by atoms with E-state index in [4.69, 9.17) is 4.74 Å². The zero-order valence-corrected chi connectivity index (χ0v) is 17.1. The lowest BCUT2D eigenvalue weighted by Crippen LogP contribution is -2.39. The maximum absolute atomic E-state index is 13.1. The molecule has 0 aliphatic rings. The molecule has 0 aliphatic carbocycles. The molecule has 3 aromatic heterocycles. The smallest absolute Gasteiger partial charge is 0.339 e. The molecule has 8 heteroatoms. The Hall–Kier alpha value is -3.52. The quantitative estimate of drug-likeness (QED) is 0.447. The van der Waals surface area contributed by atoms with Crippen molar-refractivity contribution in [3.63, 3.8) is 0 Å². The van der Waals surface area contributed by atoms with Crippen molar-refractivity contribution in [1.29, 1.82) is 0 Å². The van der Waals surface area contributed by atoms with E-state index in [1.165, 1.54) is 15.9 Å². The first-order valence-corrected chi connectivity index (χ1v) is 10.3. The molecule has 0 N–H and O–H groups in total. The van der Waals surface area contributed by atoms with E-state index in [0.29, 0.717) is 11.3 Å². The summed E-state index contributed by atoms with van der Waals surface area (Å²) >= 11 is 1.18. The zero-order valence-electron chi connectivity index (χ0n) is 16.3. The number of thiophene rings is 1. The largest absolute Gasteiger partial charge is 0.462 e. The number of carbonyl (C=O) groups excluding carboxylic acids is 1. The highest BCUT2D eigenvalue weighted by atomic mass is 32.1. The molecule has 0 unspecified atom stereocenters. The fourth-order valence-electron chi connectivity index (χ4n) is 3.22. The molecule has 4 aromatic rings. The molecule has 3 heterocycles. The van der Waals surface area contributed by atoms with Crippen LogP contribution in [0.5, 0.6) is 0 Å². The van der Waals surface area contributed by atoms with E-state index in [1.54, 1.807) is 18.6 Å². The summed E-state index contributed by atoms with van der Waals surface area (Å²) in [5, 5.41) is 1.78. The molecule has 0 saturated carbocycles. The van der Waals surface area contributed by atoms with E-state index >= 15 is 0 Å². The number of pyridine rings is 1. The van der Waals surface area contributed by atoms with E-state index in [2.05, 4.69) is 4.98 Å². The second-order valence-electron chi connectivity index (χ2n) is 6.76. The van der Waals surface area contributed by atoms with Crippen LogP contribution in [0.15, 0.2) is 69.7 Å². The van der Waals surface area contributed by atoms with Crippen molar-refractivity contribution in [3.05, 3.63) is 97.8 Å². The molecule has 0 fully saturated rings. The summed E-state index contributed by atoms with van der Waals surface area (Å²) in [6.07, 6.45) is 2.16. The number of aryl methyl sites for hydroxylation is 1. The Kier molecular flexibility index (Phi) is 5.58. The summed E-state index contributed by atoms with van der Waals surface area (Å²) in [5.74, 6) is -0.584. The van der Waals surface area contributed by atoms with Crippen LogP contribution in [0.25, 0.3) is 10.2 Å². The predicted octanol–water partition coefficient (Wildman–Crippen LogP) is 2.60. The lowest BCUT2D eigenvalue weighted by Gasteiger charge is -2.09. The average molecular weight is 421 g/mol. The minimum absolute atomic E-state index is 0.131. The van der Waals surface area contributed by atoms with Crippen LogP contribution in [-0.2, 0) is 24.8 Å². The van der Waals surface area contributed by atoms with Gasteiger partial charge >= 0.3 is 11.7 Å². The maximum atomic E-state index is 13.1. The Labute approximate surface area is 175 Å². The summed E-state index contributed by atoms with van der Waals surface area (Å²) in [6, 6.07) is 14.8. The molecule has 0 spiro atoms. The van der Waals surface area contributed by atoms with Crippen LogP contribution in [0.4, 0.5) is 0 Å². The molecule has 0 amide bonds. The van der Waals surface area contributed by atoms with Gasteiger partial charge in [-0.2, -0.15) is 0 Å². The fourth-order valence-corrected chi connectivity index (χ4v) is 4.21. The number of ether oxygens (including phenoxy) is 1. The minimum atomic E-state index is -0.584. The molecule has 1 aromatic carbocycles. The lowest BCUT2D eigenvalue weighted by molar-refractivity contribution is 0.0511. The number of nitrogens with zero attached hydrogens (tertiary/aromatic N) is 3. The summed E-state index contributed by atoms with van der Waals surface area (Å²) in [4.78, 5) is 43.2. The highest BCUT2D eigenvalue weighted by Crippen LogP contribution is 2.22. The van der Waals surface area contributed by atoms with Crippen molar-refractivity contribution in [3.8, 4) is 0 Å². The number of fused-ring (bicyclic) bond motifs is 1. The molecular weight excluding hydrogens is 402 g/mol.